The third-order valence-corrected chi connectivity index (χ3v) is 3.91. The molecule has 2 aromatic rings. The first kappa shape index (κ1) is 13.2. The quantitative estimate of drug-likeness (QED) is 0.905. The topological polar surface area (TPSA) is 76.2 Å². The fraction of sp³-hybridized carbons (Fsp3) is 0.375. The van der Waals surface area contributed by atoms with Crippen LogP contribution in [0.2, 0.25) is 0 Å². The molecule has 0 bridgehead atoms. The molecule has 114 valence electrons. The van der Waals surface area contributed by atoms with E-state index in [1.165, 1.54) is 12.8 Å². The summed E-state index contributed by atoms with van der Waals surface area (Å²) in [6.45, 7) is 1.56. The molecule has 6 nitrogen and oxygen atoms in total. The van der Waals surface area contributed by atoms with Gasteiger partial charge in [0.05, 0.1) is 0 Å². The van der Waals surface area contributed by atoms with Crippen LogP contribution in [0.4, 0.5) is 0 Å². The van der Waals surface area contributed by atoms with Crippen molar-refractivity contribution in [3.8, 4) is 11.5 Å². The monoisotopic (exact) mass is 299 g/mol. The van der Waals surface area contributed by atoms with Crippen molar-refractivity contribution >= 4 is 5.91 Å². The van der Waals surface area contributed by atoms with Crippen LogP contribution in [0.1, 0.15) is 40.5 Å². The Hall–Kier alpha value is -2.50. The standard InChI is InChI=1S/C16H17N3O3/c20-16(13-8-12(18-19-13)11-2-3-11)17-9-10-1-4-14-15(7-10)22-6-5-21-14/h1,4,7-8,11H,2-3,5-6,9H2,(H,17,20)(H,18,19). The van der Waals surface area contributed by atoms with E-state index in [9.17, 15) is 4.79 Å². The van der Waals surface area contributed by atoms with E-state index in [4.69, 9.17) is 9.47 Å². The second-order valence-electron chi connectivity index (χ2n) is 5.64. The molecule has 0 atom stereocenters. The Bertz CT molecular complexity index is 706. The van der Waals surface area contributed by atoms with E-state index in [-0.39, 0.29) is 5.91 Å². The Morgan fingerprint density at radius 2 is 2.05 bits per heavy atom. The number of carbonyl (C=O) groups excluding carboxylic acids is 1. The Kier molecular flexibility index (Phi) is 3.21. The lowest BCUT2D eigenvalue weighted by Crippen LogP contribution is -2.23. The van der Waals surface area contributed by atoms with Crippen molar-refractivity contribution in [2.45, 2.75) is 25.3 Å². The number of H-pyrrole nitrogens is 1. The van der Waals surface area contributed by atoms with Crippen molar-refractivity contribution < 1.29 is 14.3 Å². The van der Waals surface area contributed by atoms with E-state index < -0.39 is 0 Å². The molecule has 0 radical (unpaired) electrons. The minimum absolute atomic E-state index is 0.168. The fourth-order valence-corrected chi connectivity index (χ4v) is 2.53. The lowest BCUT2D eigenvalue weighted by Gasteiger charge is -2.18. The van der Waals surface area contributed by atoms with E-state index in [0.29, 0.717) is 31.4 Å². The zero-order chi connectivity index (χ0) is 14.9. The van der Waals surface area contributed by atoms with Crippen LogP contribution in [0.25, 0.3) is 0 Å². The first-order valence-electron chi connectivity index (χ1n) is 7.51. The van der Waals surface area contributed by atoms with Crippen LogP contribution >= 0.6 is 0 Å². The smallest absolute Gasteiger partial charge is 0.272 e. The Morgan fingerprint density at radius 3 is 2.86 bits per heavy atom. The molecule has 1 aliphatic heterocycles. The van der Waals surface area contributed by atoms with Crippen molar-refractivity contribution in [2.24, 2.45) is 0 Å². The molecular weight excluding hydrogens is 282 g/mol. The van der Waals surface area contributed by atoms with Gasteiger partial charge in [-0.3, -0.25) is 9.89 Å². The predicted octanol–water partition coefficient (Wildman–Crippen LogP) is 1.99. The number of benzene rings is 1. The Balaban J connectivity index is 1.39. The second kappa shape index (κ2) is 5.36. The molecule has 1 aromatic heterocycles. The highest BCUT2D eigenvalue weighted by Gasteiger charge is 2.26. The van der Waals surface area contributed by atoms with Gasteiger partial charge in [-0.15, -0.1) is 0 Å². The van der Waals surface area contributed by atoms with Crippen molar-refractivity contribution in [1.29, 1.82) is 0 Å². The number of aromatic amines is 1. The maximum Gasteiger partial charge on any atom is 0.272 e. The highest BCUT2D eigenvalue weighted by Crippen LogP contribution is 2.39. The molecule has 2 heterocycles. The van der Waals surface area contributed by atoms with Crippen LogP contribution in [0.15, 0.2) is 24.3 Å². The molecule has 0 unspecified atom stereocenters. The van der Waals surface area contributed by atoms with Gasteiger partial charge in [0, 0.05) is 18.2 Å². The van der Waals surface area contributed by atoms with Gasteiger partial charge < -0.3 is 14.8 Å². The summed E-state index contributed by atoms with van der Waals surface area (Å²) in [7, 11) is 0. The van der Waals surface area contributed by atoms with Crippen molar-refractivity contribution in [3.05, 3.63) is 41.2 Å². The first-order chi connectivity index (χ1) is 10.8. The highest BCUT2D eigenvalue weighted by molar-refractivity contribution is 5.92. The summed E-state index contributed by atoms with van der Waals surface area (Å²) in [4.78, 5) is 12.1. The Morgan fingerprint density at radius 1 is 1.23 bits per heavy atom. The van der Waals surface area contributed by atoms with Crippen molar-refractivity contribution in [1.82, 2.24) is 15.5 Å². The zero-order valence-corrected chi connectivity index (χ0v) is 12.1. The molecule has 1 aromatic carbocycles. The molecule has 0 spiro atoms. The molecule has 1 fully saturated rings. The number of nitrogens with zero attached hydrogens (tertiary/aromatic N) is 1. The minimum atomic E-state index is -0.168. The van der Waals surface area contributed by atoms with Crippen LogP contribution in [0, 0.1) is 0 Å². The molecular formula is C16H17N3O3. The minimum Gasteiger partial charge on any atom is -0.486 e. The molecule has 1 amide bonds. The summed E-state index contributed by atoms with van der Waals surface area (Å²) < 4.78 is 11.0. The molecule has 22 heavy (non-hydrogen) atoms. The van der Waals surface area contributed by atoms with Gasteiger partial charge in [-0.2, -0.15) is 5.10 Å². The van der Waals surface area contributed by atoms with Crippen molar-refractivity contribution in [3.63, 3.8) is 0 Å². The lowest BCUT2D eigenvalue weighted by molar-refractivity contribution is 0.0945. The molecule has 1 aliphatic carbocycles. The first-order valence-corrected chi connectivity index (χ1v) is 7.51. The van der Waals surface area contributed by atoms with Crippen LogP contribution in [0.5, 0.6) is 11.5 Å². The van der Waals surface area contributed by atoms with E-state index in [1.807, 2.05) is 24.3 Å². The van der Waals surface area contributed by atoms with Gasteiger partial charge in [0.2, 0.25) is 0 Å². The third-order valence-electron chi connectivity index (χ3n) is 3.91. The van der Waals surface area contributed by atoms with Gasteiger partial charge in [-0.25, -0.2) is 0 Å². The van der Waals surface area contributed by atoms with Gasteiger partial charge in [-0.1, -0.05) is 6.07 Å². The Labute approximate surface area is 127 Å². The number of ether oxygens (including phenoxy) is 2. The molecule has 0 saturated heterocycles. The van der Waals surface area contributed by atoms with Crippen LogP contribution < -0.4 is 14.8 Å². The predicted molar refractivity (Wildman–Crippen MR) is 79.2 cm³/mol. The summed E-state index contributed by atoms with van der Waals surface area (Å²) in [6.07, 6.45) is 2.36. The number of rotatable bonds is 4. The maximum atomic E-state index is 12.1. The zero-order valence-electron chi connectivity index (χ0n) is 12.1. The number of aromatic nitrogens is 2. The number of nitrogens with one attached hydrogen (secondary N) is 2. The highest BCUT2D eigenvalue weighted by atomic mass is 16.6. The summed E-state index contributed by atoms with van der Waals surface area (Å²) >= 11 is 0. The van der Waals surface area contributed by atoms with Crippen LogP contribution in [-0.4, -0.2) is 29.3 Å². The summed E-state index contributed by atoms with van der Waals surface area (Å²) in [5.41, 5.74) is 2.47. The number of hydrogen-bond donors (Lipinski definition) is 2. The maximum absolute atomic E-state index is 12.1. The average Bonchev–Trinajstić information content (AvgIpc) is 3.29. The van der Waals surface area contributed by atoms with E-state index in [0.717, 1.165) is 22.8 Å². The van der Waals surface area contributed by atoms with Crippen LogP contribution in [-0.2, 0) is 6.54 Å². The van der Waals surface area contributed by atoms with Gasteiger partial charge >= 0.3 is 0 Å². The van der Waals surface area contributed by atoms with Crippen molar-refractivity contribution in [2.75, 3.05) is 13.2 Å². The van der Waals surface area contributed by atoms with Crippen LogP contribution in [0.3, 0.4) is 0 Å². The lowest BCUT2D eigenvalue weighted by atomic mass is 10.2. The van der Waals surface area contributed by atoms with Gasteiger partial charge in [0.25, 0.3) is 5.91 Å². The third kappa shape index (κ3) is 2.64. The SMILES string of the molecule is O=C(NCc1ccc2c(c1)OCCO2)c1cc(C2CC2)[nH]n1. The number of fused-ring (bicyclic) bond motifs is 1. The summed E-state index contributed by atoms with van der Waals surface area (Å²) in [5, 5.41) is 9.90. The largest absolute Gasteiger partial charge is 0.486 e. The van der Waals surface area contributed by atoms with E-state index >= 15 is 0 Å². The van der Waals surface area contributed by atoms with Gasteiger partial charge in [0.15, 0.2) is 11.5 Å². The number of carbonyl (C=O) groups is 1. The van der Waals surface area contributed by atoms with Gasteiger partial charge in [-0.05, 0) is 36.6 Å². The summed E-state index contributed by atoms with van der Waals surface area (Å²) in [6, 6.07) is 7.54. The van der Waals surface area contributed by atoms with E-state index in [1.54, 1.807) is 0 Å². The fourth-order valence-electron chi connectivity index (χ4n) is 2.53. The van der Waals surface area contributed by atoms with E-state index in [2.05, 4.69) is 15.5 Å². The second-order valence-corrected chi connectivity index (χ2v) is 5.64. The molecule has 6 heteroatoms. The summed E-state index contributed by atoms with van der Waals surface area (Å²) in [5.74, 6) is 1.88. The molecule has 1 saturated carbocycles. The average molecular weight is 299 g/mol. The molecule has 2 N–H and O–H groups in total. The molecule has 4 rings (SSSR count). The number of amides is 1. The van der Waals surface area contributed by atoms with Gasteiger partial charge in [0.1, 0.15) is 18.9 Å². The molecule has 2 aliphatic rings. The number of hydrogen-bond acceptors (Lipinski definition) is 4. The normalized spacial score (nSPS) is 16.4.